The lowest BCUT2D eigenvalue weighted by Crippen LogP contribution is -2.58. The first kappa shape index (κ1) is 27.5. The van der Waals surface area contributed by atoms with Crippen LogP contribution in [-0.2, 0) is 9.47 Å². The second-order valence-electron chi connectivity index (χ2n) is 10.6. The molecule has 212 valence electrons. The zero-order valence-corrected chi connectivity index (χ0v) is 21.9. The lowest BCUT2D eigenvalue weighted by Gasteiger charge is -2.41. The molecule has 3 fully saturated rings. The van der Waals surface area contributed by atoms with E-state index in [1.807, 2.05) is 31.2 Å². The third-order valence-corrected chi connectivity index (χ3v) is 7.49. The van der Waals surface area contributed by atoms with Crippen LogP contribution >= 0.6 is 0 Å². The number of anilines is 3. The van der Waals surface area contributed by atoms with Crippen LogP contribution in [0.1, 0.15) is 18.4 Å². The highest BCUT2D eigenvalue weighted by Crippen LogP contribution is 2.34. The van der Waals surface area contributed by atoms with Crippen LogP contribution in [-0.4, -0.2) is 92.0 Å². The summed E-state index contributed by atoms with van der Waals surface area (Å²) in [6, 6.07) is 9.06. The molecule has 1 atom stereocenters. The van der Waals surface area contributed by atoms with Crippen molar-refractivity contribution < 1.29 is 32.5 Å². The van der Waals surface area contributed by atoms with E-state index in [4.69, 9.17) is 14.5 Å². The van der Waals surface area contributed by atoms with E-state index in [-0.39, 0.29) is 13.2 Å². The van der Waals surface area contributed by atoms with Crippen LogP contribution in [0.5, 0.6) is 0 Å². The van der Waals surface area contributed by atoms with E-state index in [2.05, 4.69) is 15.5 Å². The van der Waals surface area contributed by atoms with Crippen LogP contribution in [0.15, 0.2) is 30.3 Å². The van der Waals surface area contributed by atoms with Gasteiger partial charge < -0.3 is 35.0 Å². The first-order chi connectivity index (χ1) is 18.6. The van der Waals surface area contributed by atoms with Crippen LogP contribution in [0.3, 0.4) is 0 Å². The average Bonchev–Trinajstić information content (AvgIpc) is 3.35. The van der Waals surface area contributed by atoms with Gasteiger partial charge in [0.1, 0.15) is 17.2 Å². The van der Waals surface area contributed by atoms with Crippen molar-refractivity contribution in [2.45, 2.75) is 31.5 Å². The van der Waals surface area contributed by atoms with Crippen molar-refractivity contribution in [1.29, 1.82) is 0 Å². The molecule has 1 unspecified atom stereocenters. The zero-order chi connectivity index (χ0) is 27.6. The molecule has 9 nitrogen and oxygen atoms in total. The van der Waals surface area contributed by atoms with E-state index in [9.17, 15) is 23.1 Å². The molecule has 0 radical (unpaired) electrons. The van der Waals surface area contributed by atoms with Gasteiger partial charge in [0.05, 0.1) is 33.0 Å². The number of hydrogen-bond donors (Lipinski definition) is 3. The summed E-state index contributed by atoms with van der Waals surface area (Å²) < 4.78 is 49.2. The van der Waals surface area contributed by atoms with Gasteiger partial charge in [0.2, 0.25) is 0 Å². The number of amides is 2. The van der Waals surface area contributed by atoms with Gasteiger partial charge in [-0.3, -0.25) is 0 Å². The number of halogens is 3. The van der Waals surface area contributed by atoms with Gasteiger partial charge in [0.15, 0.2) is 0 Å². The Morgan fingerprint density at radius 1 is 1.15 bits per heavy atom. The Labute approximate surface area is 225 Å². The molecule has 3 saturated heterocycles. The summed E-state index contributed by atoms with van der Waals surface area (Å²) in [5, 5.41) is 16.1. The monoisotopic (exact) mass is 549 g/mol. The van der Waals surface area contributed by atoms with Gasteiger partial charge in [-0.05, 0) is 60.2 Å². The van der Waals surface area contributed by atoms with Crippen molar-refractivity contribution in [3.63, 3.8) is 0 Å². The Kier molecular flexibility index (Phi) is 7.88. The SMILES string of the molecule is Cc1ccc(NC(=O)N2CCC(CC(F)(F)F)C2)cc1-c1cc(NC2(CO)COC2)nc(N2CCOCC2)c1. The quantitative estimate of drug-likeness (QED) is 0.482. The number of urea groups is 1. The normalized spacial score (nSPS) is 21.0. The number of aryl methyl sites for hydroxylation is 1. The Morgan fingerprint density at radius 3 is 2.59 bits per heavy atom. The molecule has 1 aromatic carbocycles. The predicted octanol–water partition coefficient (Wildman–Crippen LogP) is 3.87. The van der Waals surface area contributed by atoms with Gasteiger partial charge in [0, 0.05) is 38.3 Å². The number of hydrogen-bond acceptors (Lipinski definition) is 7. The van der Waals surface area contributed by atoms with Crippen molar-refractivity contribution in [2.24, 2.45) is 5.92 Å². The molecule has 3 N–H and O–H groups in total. The standard InChI is InChI=1S/C27H34F3N5O4/c1-18-2-3-21(31-25(37)35-5-4-19(14-35)13-27(28,29)30)12-22(18)20-10-23(33-26(15-36)16-39-17-26)32-24(11-20)34-6-8-38-9-7-34/h2-3,10-12,19,36H,4-9,13-17H2,1H3,(H,31,37)(H,32,33). The van der Waals surface area contributed by atoms with Gasteiger partial charge >= 0.3 is 12.2 Å². The molecule has 4 heterocycles. The van der Waals surface area contributed by atoms with Gasteiger partial charge in [-0.2, -0.15) is 13.2 Å². The van der Waals surface area contributed by atoms with Crippen molar-refractivity contribution in [3.8, 4) is 11.1 Å². The third kappa shape index (κ3) is 6.56. The number of likely N-dealkylation sites (tertiary alicyclic amines) is 1. The highest BCUT2D eigenvalue weighted by atomic mass is 19.4. The molecule has 2 amide bonds. The Balaban J connectivity index is 1.38. The van der Waals surface area contributed by atoms with Gasteiger partial charge in [-0.15, -0.1) is 0 Å². The summed E-state index contributed by atoms with van der Waals surface area (Å²) in [6.07, 6.45) is -4.77. The number of nitrogens with one attached hydrogen (secondary N) is 2. The maximum Gasteiger partial charge on any atom is 0.389 e. The number of morpholine rings is 1. The molecule has 12 heteroatoms. The number of carbonyl (C=O) groups is 1. The molecule has 0 bridgehead atoms. The number of nitrogens with zero attached hydrogens (tertiary/aromatic N) is 3. The van der Waals surface area contributed by atoms with E-state index < -0.39 is 30.1 Å². The maximum atomic E-state index is 12.9. The molecular formula is C27H34F3N5O4. The predicted molar refractivity (Wildman–Crippen MR) is 141 cm³/mol. The summed E-state index contributed by atoms with van der Waals surface area (Å²) in [5.74, 6) is 0.801. The first-order valence-corrected chi connectivity index (χ1v) is 13.2. The minimum Gasteiger partial charge on any atom is -0.394 e. The smallest absolute Gasteiger partial charge is 0.389 e. The lowest BCUT2D eigenvalue weighted by molar-refractivity contribution is -0.143. The third-order valence-electron chi connectivity index (χ3n) is 7.49. The van der Waals surface area contributed by atoms with Gasteiger partial charge in [-0.25, -0.2) is 9.78 Å². The van der Waals surface area contributed by atoms with E-state index in [1.54, 1.807) is 6.07 Å². The number of pyridine rings is 1. The zero-order valence-electron chi connectivity index (χ0n) is 21.9. The Bertz CT molecular complexity index is 1180. The van der Waals surface area contributed by atoms with Crippen LogP contribution in [0.25, 0.3) is 11.1 Å². The van der Waals surface area contributed by atoms with Crippen molar-refractivity contribution in [3.05, 3.63) is 35.9 Å². The number of benzene rings is 1. The molecule has 2 aromatic rings. The number of carbonyl (C=O) groups excluding carboxylic acids is 1. The van der Waals surface area contributed by atoms with E-state index >= 15 is 0 Å². The summed E-state index contributed by atoms with van der Waals surface area (Å²) in [7, 11) is 0. The number of aliphatic hydroxyl groups is 1. The Hall–Kier alpha value is -3.09. The molecule has 0 aliphatic carbocycles. The summed E-state index contributed by atoms with van der Waals surface area (Å²) in [5.41, 5.74) is 2.71. The number of aliphatic hydroxyl groups excluding tert-OH is 1. The molecule has 1 aromatic heterocycles. The number of ether oxygens (including phenoxy) is 2. The van der Waals surface area contributed by atoms with Crippen LogP contribution in [0.4, 0.5) is 35.3 Å². The largest absolute Gasteiger partial charge is 0.394 e. The maximum absolute atomic E-state index is 12.9. The molecule has 3 aliphatic rings. The second kappa shape index (κ2) is 11.2. The van der Waals surface area contributed by atoms with E-state index in [0.29, 0.717) is 64.0 Å². The van der Waals surface area contributed by atoms with Crippen molar-refractivity contribution >= 4 is 23.4 Å². The molecular weight excluding hydrogens is 515 g/mol. The minimum atomic E-state index is -4.23. The summed E-state index contributed by atoms with van der Waals surface area (Å²) in [4.78, 5) is 21.3. The fourth-order valence-electron chi connectivity index (χ4n) is 5.24. The van der Waals surface area contributed by atoms with Gasteiger partial charge in [-0.1, -0.05) is 6.07 Å². The molecule has 5 rings (SSSR count). The molecule has 0 spiro atoms. The molecule has 3 aliphatic heterocycles. The van der Waals surface area contributed by atoms with Crippen LogP contribution in [0.2, 0.25) is 0 Å². The van der Waals surface area contributed by atoms with Crippen LogP contribution < -0.4 is 15.5 Å². The average molecular weight is 550 g/mol. The van der Waals surface area contributed by atoms with Gasteiger partial charge in [0.25, 0.3) is 0 Å². The second-order valence-corrected chi connectivity index (χ2v) is 10.6. The number of alkyl halides is 3. The van der Waals surface area contributed by atoms with Crippen molar-refractivity contribution in [2.75, 3.05) is 74.7 Å². The minimum absolute atomic E-state index is 0.0860. The fourth-order valence-corrected chi connectivity index (χ4v) is 5.24. The molecule has 0 saturated carbocycles. The fraction of sp³-hybridized carbons (Fsp3) is 0.556. The lowest BCUT2D eigenvalue weighted by atomic mass is 9.97. The molecule has 39 heavy (non-hydrogen) atoms. The van der Waals surface area contributed by atoms with E-state index in [0.717, 1.165) is 22.5 Å². The van der Waals surface area contributed by atoms with E-state index in [1.165, 1.54) is 4.90 Å². The van der Waals surface area contributed by atoms with Crippen molar-refractivity contribution in [1.82, 2.24) is 9.88 Å². The topological polar surface area (TPSA) is 99.2 Å². The summed E-state index contributed by atoms with van der Waals surface area (Å²) in [6.45, 7) is 5.62. The summed E-state index contributed by atoms with van der Waals surface area (Å²) >= 11 is 0. The highest BCUT2D eigenvalue weighted by molar-refractivity contribution is 5.91. The first-order valence-electron chi connectivity index (χ1n) is 13.2. The highest BCUT2D eigenvalue weighted by Gasteiger charge is 2.39. The number of aromatic nitrogens is 1. The van der Waals surface area contributed by atoms with Crippen LogP contribution in [0, 0.1) is 12.8 Å². The Morgan fingerprint density at radius 2 is 1.92 bits per heavy atom. The number of rotatable bonds is 7.